The second-order valence-electron chi connectivity index (χ2n) is 15.6. The zero-order chi connectivity index (χ0) is 30.5. The molecule has 41 heavy (non-hydrogen) atoms. The molecule has 0 radical (unpaired) electrons. The number of aromatic nitrogens is 1. The molecule has 1 aromatic carbocycles. The third kappa shape index (κ3) is 6.26. The molecule has 2 atom stereocenters. The summed E-state index contributed by atoms with van der Waals surface area (Å²) in [6.07, 6.45) is 6.59. The SMILES string of the molecule is CC(C)c1nc2c(c(C3=CCCC3)c1[C@H](O)c1ccc(C(C)(C)C#N)cc1)[C@@H](O[Si](C)(C)C(C)(C)C)CC(C)(C)C2. The molecule has 0 aliphatic heterocycles. The number of aliphatic hydroxyl groups excluding tert-OH is 1. The first-order chi connectivity index (χ1) is 18.9. The first kappa shape index (κ1) is 31.7. The van der Waals surface area contributed by atoms with Crippen LogP contribution in [0.25, 0.3) is 5.57 Å². The van der Waals surface area contributed by atoms with Crippen molar-refractivity contribution in [3.8, 4) is 6.07 Å². The van der Waals surface area contributed by atoms with Crippen molar-refractivity contribution < 1.29 is 9.53 Å². The predicted molar refractivity (Wildman–Crippen MR) is 172 cm³/mol. The standard InChI is InChI=1S/C36H52N2O2Si/c1-23(2)32-31(33(39)25-16-18-26(19-17-25)36(8,9)22-37)29(24-14-12-13-15-24)30-27(38-32)20-35(6,7)21-28(30)40-41(10,11)34(3,4)5/h14,16-19,23,28,33,39H,12-13,15,20-21H2,1-11H3/t28-,33+/m0/s1. The number of hydrogen-bond donors (Lipinski definition) is 1. The molecule has 5 heteroatoms. The van der Waals surface area contributed by atoms with Gasteiger partial charge in [-0.2, -0.15) is 5.26 Å². The van der Waals surface area contributed by atoms with E-state index in [9.17, 15) is 10.4 Å². The number of benzene rings is 1. The van der Waals surface area contributed by atoms with Crippen LogP contribution in [-0.4, -0.2) is 18.4 Å². The zero-order valence-corrected chi connectivity index (χ0v) is 28.4. The Kier molecular flexibility index (Phi) is 8.57. The minimum absolute atomic E-state index is 0.0513. The van der Waals surface area contributed by atoms with Crippen LogP contribution in [0.1, 0.15) is 145 Å². The Hall–Kier alpha value is -2.26. The summed E-state index contributed by atoms with van der Waals surface area (Å²) in [5, 5.41) is 21.9. The number of rotatable bonds is 7. The van der Waals surface area contributed by atoms with E-state index >= 15 is 0 Å². The topological polar surface area (TPSA) is 66.1 Å². The first-order valence-corrected chi connectivity index (χ1v) is 18.4. The van der Waals surface area contributed by atoms with Crippen LogP contribution in [0.5, 0.6) is 0 Å². The van der Waals surface area contributed by atoms with Crippen LogP contribution in [-0.2, 0) is 16.3 Å². The quantitative estimate of drug-likeness (QED) is 0.335. The number of pyridine rings is 1. The molecule has 1 N–H and O–H groups in total. The van der Waals surface area contributed by atoms with Crippen molar-refractivity contribution in [2.45, 2.75) is 136 Å². The van der Waals surface area contributed by atoms with Crippen molar-refractivity contribution in [2.24, 2.45) is 5.41 Å². The fourth-order valence-electron chi connectivity index (χ4n) is 6.20. The maximum atomic E-state index is 12.2. The van der Waals surface area contributed by atoms with Crippen LogP contribution in [0.2, 0.25) is 18.1 Å². The molecule has 0 unspecified atom stereocenters. The molecule has 0 saturated carbocycles. The molecule has 0 bridgehead atoms. The van der Waals surface area contributed by atoms with Gasteiger partial charge in [0, 0.05) is 22.5 Å². The van der Waals surface area contributed by atoms with Gasteiger partial charge in [0.25, 0.3) is 0 Å². The van der Waals surface area contributed by atoms with E-state index in [4.69, 9.17) is 9.41 Å². The maximum absolute atomic E-state index is 12.2. The van der Waals surface area contributed by atoms with E-state index in [0.717, 1.165) is 60.2 Å². The van der Waals surface area contributed by atoms with Crippen molar-refractivity contribution in [1.82, 2.24) is 4.98 Å². The van der Waals surface area contributed by atoms with Gasteiger partial charge in [-0.05, 0) is 97.7 Å². The Morgan fingerprint density at radius 1 is 1.10 bits per heavy atom. The van der Waals surface area contributed by atoms with Crippen LogP contribution in [0.15, 0.2) is 30.3 Å². The Labute approximate surface area is 250 Å². The van der Waals surface area contributed by atoms with E-state index < -0.39 is 19.8 Å². The molecule has 2 aromatic rings. The third-order valence-electron chi connectivity index (χ3n) is 9.74. The second kappa shape index (κ2) is 11.1. The fourth-order valence-corrected chi connectivity index (χ4v) is 7.47. The molecule has 1 heterocycles. The van der Waals surface area contributed by atoms with E-state index in [2.05, 4.69) is 73.7 Å². The van der Waals surface area contributed by atoms with Gasteiger partial charge in [-0.1, -0.05) is 78.8 Å². The van der Waals surface area contributed by atoms with Crippen LogP contribution < -0.4 is 0 Å². The zero-order valence-electron chi connectivity index (χ0n) is 27.4. The van der Waals surface area contributed by atoms with Crippen LogP contribution in [0.3, 0.4) is 0 Å². The van der Waals surface area contributed by atoms with Gasteiger partial charge in [-0.25, -0.2) is 0 Å². The highest BCUT2D eigenvalue weighted by molar-refractivity contribution is 6.74. The average molecular weight is 573 g/mol. The van der Waals surface area contributed by atoms with E-state index in [1.54, 1.807) is 0 Å². The molecular weight excluding hydrogens is 520 g/mol. The average Bonchev–Trinajstić information content (AvgIpc) is 3.40. The van der Waals surface area contributed by atoms with Crippen LogP contribution in [0, 0.1) is 16.7 Å². The molecule has 0 spiro atoms. The predicted octanol–water partition coefficient (Wildman–Crippen LogP) is 9.69. The number of aliphatic hydroxyl groups is 1. The lowest BCUT2D eigenvalue weighted by atomic mass is 9.71. The Bertz CT molecular complexity index is 1350. The van der Waals surface area contributed by atoms with E-state index in [1.807, 2.05) is 38.1 Å². The van der Waals surface area contributed by atoms with Crippen molar-refractivity contribution >= 4 is 13.9 Å². The third-order valence-corrected chi connectivity index (χ3v) is 14.2. The van der Waals surface area contributed by atoms with Crippen molar-refractivity contribution in [3.05, 3.63) is 69.5 Å². The van der Waals surface area contributed by atoms with E-state index in [1.165, 1.54) is 16.7 Å². The lowest BCUT2D eigenvalue weighted by molar-refractivity contribution is 0.105. The van der Waals surface area contributed by atoms with E-state index in [0.29, 0.717) is 0 Å². The highest BCUT2D eigenvalue weighted by atomic mass is 28.4. The minimum atomic E-state index is -2.09. The lowest BCUT2D eigenvalue weighted by Crippen LogP contribution is -2.44. The molecule has 2 aliphatic rings. The molecule has 4 rings (SSSR count). The second-order valence-corrected chi connectivity index (χ2v) is 20.4. The van der Waals surface area contributed by atoms with Crippen LogP contribution in [0.4, 0.5) is 0 Å². The number of hydrogen-bond acceptors (Lipinski definition) is 4. The molecular formula is C36H52N2O2Si. The molecule has 222 valence electrons. The highest BCUT2D eigenvalue weighted by Gasteiger charge is 2.45. The first-order valence-electron chi connectivity index (χ1n) is 15.5. The largest absolute Gasteiger partial charge is 0.410 e. The lowest BCUT2D eigenvalue weighted by Gasteiger charge is -2.45. The Morgan fingerprint density at radius 3 is 2.24 bits per heavy atom. The van der Waals surface area contributed by atoms with Gasteiger partial charge in [0.2, 0.25) is 0 Å². The summed E-state index contributed by atoms with van der Waals surface area (Å²) in [5.74, 6) is 0.160. The summed E-state index contributed by atoms with van der Waals surface area (Å²) in [6, 6.07) is 10.3. The molecule has 0 saturated heterocycles. The van der Waals surface area contributed by atoms with Gasteiger partial charge in [0.05, 0.1) is 17.6 Å². The number of nitrogens with zero attached hydrogens (tertiary/aromatic N) is 2. The minimum Gasteiger partial charge on any atom is -0.410 e. The maximum Gasteiger partial charge on any atom is 0.192 e. The van der Waals surface area contributed by atoms with E-state index in [-0.39, 0.29) is 22.5 Å². The number of nitriles is 1. The summed E-state index contributed by atoms with van der Waals surface area (Å²) in [7, 11) is -2.09. The van der Waals surface area contributed by atoms with Gasteiger partial charge in [-0.15, -0.1) is 0 Å². The van der Waals surface area contributed by atoms with Gasteiger partial charge >= 0.3 is 0 Å². The smallest absolute Gasteiger partial charge is 0.192 e. The number of fused-ring (bicyclic) bond motifs is 1. The Balaban J connectivity index is 1.98. The number of allylic oxidation sites excluding steroid dienone is 2. The van der Waals surface area contributed by atoms with Gasteiger partial charge in [-0.3, -0.25) is 4.98 Å². The summed E-state index contributed by atoms with van der Waals surface area (Å²) in [5.41, 5.74) is 8.13. The molecule has 0 fully saturated rings. The van der Waals surface area contributed by atoms with Crippen molar-refractivity contribution in [1.29, 1.82) is 5.26 Å². The summed E-state index contributed by atoms with van der Waals surface area (Å²) < 4.78 is 7.27. The Morgan fingerprint density at radius 2 is 1.73 bits per heavy atom. The summed E-state index contributed by atoms with van der Waals surface area (Å²) in [6.45, 7) is 24.5. The highest BCUT2D eigenvalue weighted by Crippen LogP contribution is 2.52. The van der Waals surface area contributed by atoms with Crippen molar-refractivity contribution in [2.75, 3.05) is 0 Å². The molecule has 1 aromatic heterocycles. The molecule has 2 aliphatic carbocycles. The van der Waals surface area contributed by atoms with Crippen LogP contribution >= 0.6 is 0 Å². The van der Waals surface area contributed by atoms with Gasteiger partial charge < -0.3 is 9.53 Å². The molecule has 0 amide bonds. The summed E-state index contributed by atoms with van der Waals surface area (Å²) in [4.78, 5) is 5.40. The normalized spacial score (nSPS) is 20.0. The summed E-state index contributed by atoms with van der Waals surface area (Å²) >= 11 is 0. The van der Waals surface area contributed by atoms with Crippen molar-refractivity contribution in [3.63, 3.8) is 0 Å². The van der Waals surface area contributed by atoms with Gasteiger partial charge in [0.1, 0.15) is 6.10 Å². The monoisotopic (exact) mass is 572 g/mol. The fraction of sp³-hybridized carbons (Fsp3) is 0.611. The molecule has 4 nitrogen and oxygen atoms in total. The van der Waals surface area contributed by atoms with Gasteiger partial charge in [0.15, 0.2) is 8.32 Å².